The van der Waals surface area contributed by atoms with Gasteiger partial charge in [-0.2, -0.15) is 0 Å². The first kappa shape index (κ1) is 16.5. The summed E-state index contributed by atoms with van der Waals surface area (Å²) in [5.74, 6) is 0.505. The summed E-state index contributed by atoms with van der Waals surface area (Å²) in [6, 6.07) is 1.20. The summed E-state index contributed by atoms with van der Waals surface area (Å²) in [7, 11) is 0. The Morgan fingerprint density at radius 1 is 1.50 bits per heavy atom. The van der Waals surface area contributed by atoms with E-state index in [0.29, 0.717) is 18.0 Å². The zero-order chi connectivity index (χ0) is 17.3. The molecule has 2 fully saturated rings. The molecule has 130 valence electrons. The average molecular weight is 334 g/mol. The van der Waals surface area contributed by atoms with Crippen molar-refractivity contribution in [2.24, 2.45) is 5.92 Å². The number of carbonyl (C=O) groups is 3. The molecule has 4 amide bonds. The van der Waals surface area contributed by atoms with Crippen molar-refractivity contribution in [2.45, 2.75) is 51.5 Å². The highest BCUT2D eigenvalue weighted by Crippen LogP contribution is 2.38. The third-order valence-corrected chi connectivity index (χ3v) is 4.96. The molecular weight excluding hydrogens is 312 g/mol. The van der Waals surface area contributed by atoms with Gasteiger partial charge in [-0.05, 0) is 25.7 Å². The van der Waals surface area contributed by atoms with Gasteiger partial charge in [0.1, 0.15) is 11.3 Å². The third-order valence-electron chi connectivity index (χ3n) is 4.96. The lowest BCUT2D eigenvalue weighted by molar-refractivity contribution is -0.134. The van der Waals surface area contributed by atoms with Gasteiger partial charge in [0.2, 0.25) is 5.91 Å². The molecule has 1 spiro atoms. The van der Waals surface area contributed by atoms with Crippen molar-refractivity contribution in [1.29, 1.82) is 0 Å². The highest BCUT2D eigenvalue weighted by molar-refractivity contribution is 6.07. The average Bonchev–Trinajstić information content (AvgIpc) is 3.03. The quantitative estimate of drug-likeness (QED) is 0.817. The van der Waals surface area contributed by atoms with Crippen LogP contribution in [0.5, 0.6) is 0 Å². The van der Waals surface area contributed by atoms with Crippen LogP contribution in [0.15, 0.2) is 10.6 Å². The van der Waals surface area contributed by atoms with Crippen LogP contribution >= 0.6 is 0 Å². The van der Waals surface area contributed by atoms with Crippen molar-refractivity contribution in [3.05, 3.63) is 11.8 Å². The molecule has 1 aromatic heterocycles. The maximum atomic E-state index is 12.8. The molecule has 1 aliphatic carbocycles. The summed E-state index contributed by atoms with van der Waals surface area (Å²) in [4.78, 5) is 38.1. The van der Waals surface area contributed by atoms with Crippen LogP contribution in [0.3, 0.4) is 0 Å². The maximum absolute atomic E-state index is 12.8. The summed E-state index contributed by atoms with van der Waals surface area (Å²) >= 11 is 0. The lowest BCUT2D eigenvalue weighted by Crippen LogP contribution is -2.54. The van der Waals surface area contributed by atoms with E-state index in [-0.39, 0.29) is 30.7 Å². The number of aryl methyl sites for hydroxylation is 1. The van der Waals surface area contributed by atoms with Gasteiger partial charge in [-0.15, -0.1) is 0 Å². The van der Waals surface area contributed by atoms with Gasteiger partial charge in [-0.1, -0.05) is 24.9 Å². The van der Waals surface area contributed by atoms with E-state index >= 15 is 0 Å². The summed E-state index contributed by atoms with van der Waals surface area (Å²) in [5.41, 5.74) is -0.783. The lowest BCUT2D eigenvalue weighted by Gasteiger charge is -2.36. The Labute approximate surface area is 139 Å². The number of carbonyl (C=O) groups excluding carboxylic acids is 3. The molecular formula is C16H22N4O4. The Bertz CT molecular complexity index is 671. The molecule has 24 heavy (non-hydrogen) atoms. The van der Waals surface area contributed by atoms with E-state index in [1.165, 1.54) is 0 Å². The molecule has 2 N–H and O–H groups in total. The van der Waals surface area contributed by atoms with Crippen LogP contribution in [0.1, 0.15) is 44.8 Å². The molecule has 2 atom stereocenters. The number of amides is 4. The van der Waals surface area contributed by atoms with Crippen LogP contribution in [0.4, 0.5) is 10.6 Å². The fraction of sp³-hybridized carbons (Fsp3) is 0.625. The van der Waals surface area contributed by atoms with Crippen molar-refractivity contribution in [3.63, 3.8) is 0 Å². The minimum absolute atomic E-state index is 0.0233. The first-order valence-corrected chi connectivity index (χ1v) is 8.29. The van der Waals surface area contributed by atoms with Gasteiger partial charge in [0.15, 0.2) is 5.82 Å². The maximum Gasteiger partial charge on any atom is 0.325 e. The van der Waals surface area contributed by atoms with E-state index in [0.717, 1.165) is 24.2 Å². The highest BCUT2D eigenvalue weighted by Gasteiger charge is 2.54. The topological polar surface area (TPSA) is 105 Å². The number of aromatic nitrogens is 1. The number of rotatable bonds is 4. The Kier molecular flexibility index (Phi) is 4.29. The van der Waals surface area contributed by atoms with Crippen molar-refractivity contribution in [1.82, 2.24) is 15.4 Å². The van der Waals surface area contributed by atoms with Gasteiger partial charge < -0.3 is 15.2 Å². The minimum Gasteiger partial charge on any atom is -0.360 e. The van der Waals surface area contributed by atoms with Crippen LogP contribution in [0.2, 0.25) is 0 Å². The van der Waals surface area contributed by atoms with Crippen molar-refractivity contribution < 1.29 is 18.9 Å². The number of anilines is 1. The molecule has 2 heterocycles. The fourth-order valence-corrected chi connectivity index (χ4v) is 3.54. The van der Waals surface area contributed by atoms with E-state index in [4.69, 9.17) is 4.52 Å². The molecule has 2 aliphatic rings. The minimum atomic E-state index is -0.783. The summed E-state index contributed by atoms with van der Waals surface area (Å²) in [6.45, 7) is 3.78. The predicted molar refractivity (Wildman–Crippen MR) is 85.1 cm³/mol. The molecule has 1 aliphatic heterocycles. The lowest BCUT2D eigenvalue weighted by atomic mass is 9.73. The SMILES string of the molecule is Cc1cc(NC(=O)CCN2C(=O)NC3(CCCCC3C)C2=O)no1. The molecule has 8 heteroatoms. The van der Waals surface area contributed by atoms with Crippen molar-refractivity contribution in [2.75, 3.05) is 11.9 Å². The number of hydrogen-bond donors (Lipinski definition) is 2. The molecule has 8 nitrogen and oxygen atoms in total. The normalized spacial score (nSPS) is 26.8. The Balaban J connectivity index is 1.60. The number of nitrogens with one attached hydrogen (secondary N) is 2. The Morgan fingerprint density at radius 2 is 2.29 bits per heavy atom. The summed E-state index contributed by atoms with van der Waals surface area (Å²) in [5, 5.41) is 9.13. The van der Waals surface area contributed by atoms with E-state index in [2.05, 4.69) is 15.8 Å². The molecule has 0 radical (unpaired) electrons. The Morgan fingerprint density at radius 3 is 2.96 bits per heavy atom. The van der Waals surface area contributed by atoms with E-state index in [1.807, 2.05) is 6.92 Å². The smallest absolute Gasteiger partial charge is 0.325 e. The predicted octanol–water partition coefficient (Wildman–Crippen LogP) is 1.81. The van der Waals surface area contributed by atoms with Gasteiger partial charge >= 0.3 is 6.03 Å². The first-order valence-electron chi connectivity index (χ1n) is 8.29. The first-order chi connectivity index (χ1) is 11.4. The molecule has 2 unspecified atom stereocenters. The largest absolute Gasteiger partial charge is 0.360 e. The van der Waals surface area contributed by atoms with Crippen LogP contribution < -0.4 is 10.6 Å². The third kappa shape index (κ3) is 2.88. The summed E-state index contributed by atoms with van der Waals surface area (Å²) in [6.07, 6.45) is 3.61. The monoisotopic (exact) mass is 334 g/mol. The molecule has 1 aromatic rings. The number of hydrogen-bond acceptors (Lipinski definition) is 5. The molecule has 1 saturated heterocycles. The highest BCUT2D eigenvalue weighted by atomic mass is 16.5. The van der Waals surface area contributed by atoms with Crippen LogP contribution in [-0.4, -0.2) is 40.0 Å². The van der Waals surface area contributed by atoms with E-state index < -0.39 is 11.6 Å². The van der Waals surface area contributed by atoms with Gasteiger partial charge in [-0.3, -0.25) is 14.5 Å². The fourth-order valence-electron chi connectivity index (χ4n) is 3.54. The van der Waals surface area contributed by atoms with Gasteiger partial charge in [0.25, 0.3) is 5.91 Å². The number of nitrogens with zero attached hydrogens (tertiary/aromatic N) is 2. The molecule has 3 rings (SSSR count). The van der Waals surface area contributed by atoms with Gasteiger partial charge in [0, 0.05) is 19.0 Å². The zero-order valence-corrected chi connectivity index (χ0v) is 13.9. The van der Waals surface area contributed by atoms with Crippen LogP contribution in [0, 0.1) is 12.8 Å². The van der Waals surface area contributed by atoms with Crippen molar-refractivity contribution >= 4 is 23.7 Å². The molecule has 1 saturated carbocycles. The molecule has 0 bridgehead atoms. The second-order valence-corrected chi connectivity index (χ2v) is 6.63. The standard InChI is InChI=1S/C16H22N4O4/c1-10-5-3-4-7-16(10)14(22)20(15(23)18-16)8-6-13(21)17-12-9-11(2)24-19-12/h9-10H,3-8H2,1-2H3,(H,18,23)(H,17,19,21). The number of imide groups is 1. The molecule has 0 aromatic carbocycles. The Hall–Kier alpha value is -2.38. The second-order valence-electron chi connectivity index (χ2n) is 6.63. The van der Waals surface area contributed by atoms with E-state index in [1.54, 1.807) is 13.0 Å². The number of urea groups is 1. The van der Waals surface area contributed by atoms with Crippen LogP contribution in [-0.2, 0) is 9.59 Å². The zero-order valence-electron chi connectivity index (χ0n) is 13.9. The van der Waals surface area contributed by atoms with Crippen LogP contribution in [0.25, 0.3) is 0 Å². The van der Waals surface area contributed by atoms with Gasteiger partial charge in [0.05, 0.1) is 0 Å². The van der Waals surface area contributed by atoms with Gasteiger partial charge in [-0.25, -0.2) is 4.79 Å². The van der Waals surface area contributed by atoms with E-state index in [9.17, 15) is 14.4 Å². The second kappa shape index (κ2) is 6.26. The summed E-state index contributed by atoms with van der Waals surface area (Å²) < 4.78 is 4.87. The van der Waals surface area contributed by atoms with Crippen molar-refractivity contribution in [3.8, 4) is 0 Å².